The number of benzene rings is 3. The first-order valence-corrected chi connectivity index (χ1v) is 44.2. The highest BCUT2D eigenvalue weighted by Crippen LogP contribution is 2.43. The van der Waals surface area contributed by atoms with Gasteiger partial charge in [0.2, 0.25) is 41.5 Å². The number of hydrogen-bond donors (Lipinski definition) is 6. The fourth-order valence-electron chi connectivity index (χ4n) is 15.0. The van der Waals surface area contributed by atoms with Crippen LogP contribution in [0.3, 0.4) is 0 Å². The van der Waals surface area contributed by atoms with Crippen molar-refractivity contribution in [3.8, 4) is 11.5 Å². The summed E-state index contributed by atoms with van der Waals surface area (Å²) in [4.78, 5) is 237. The van der Waals surface area contributed by atoms with Crippen LogP contribution in [0.5, 0.6) is 11.5 Å². The number of hydrogen-bond acceptors (Lipinski definition) is 37. The molecule has 7 unspecified atom stereocenters. The van der Waals surface area contributed by atoms with E-state index in [1.54, 1.807) is 78.9 Å². The predicted octanol–water partition coefficient (Wildman–Crippen LogP) is 2.21. The van der Waals surface area contributed by atoms with Crippen molar-refractivity contribution in [3.05, 3.63) is 95.6 Å². The van der Waals surface area contributed by atoms with Gasteiger partial charge in [-0.15, -0.1) is 0 Å². The summed E-state index contributed by atoms with van der Waals surface area (Å²) in [5.74, 6) is -13.4. The minimum absolute atomic E-state index is 0.0276. The first-order valence-electron chi connectivity index (χ1n) is 44.2. The quantitative estimate of drug-likeness (QED) is 0.0204. The summed E-state index contributed by atoms with van der Waals surface area (Å²) in [6.07, 6.45) is -20.2. The van der Waals surface area contributed by atoms with Crippen LogP contribution < -0.4 is 36.1 Å². The molecule has 0 saturated carbocycles. The van der Waals surface area contributed by atoms with Crippen LogP contribution in [0.25, 0.3) is 0 Å². The first kappa shape index (κ1) is 112. The highest BCUT2D eigenvalue weighted by atomic mass is 16.7. The van der Waals surface area contributed by atoms with Gasteiger partial charge in [0.15, 0.2) is 55.5 Å². The van der Waals surface area contributed by atoms with Crippen LogP contribution >= 0.6 is 0 Å². The van der Waals surface area contributed by atoms with Gasteiger partial charge in [0, 0.05) is 161 Å². The first-order chi connectivity index (χ1) is 64.6. The van der Waals surface area contributed by atoms with E-state index < -0.39 is 263 Å². The number of amides is 7. The molecule has 136 heavy (non-hydrogen) atoms. The zero-order chi connectivity index (χ0) is 100. The van der Waals surface area contributed by atoms with Crippen molar-refractivity contribution in [2.24, 2.45) is 0 Å². The Morgan fingerprint density at radius 1 is 0.382 bits per heavy atom. The number of nitrogens with zero attached hydrogens (tertiary/aromatic N) is 2. The summed E-state index contributed by atoms with van der Waals surface area (Å²) in [6.45, 7) is 8.36. The second-order valence-corrected chi connectivity index (χ2v) is 31.7. The molecule has 752 valence electrons. The lowest BCUT2D eigenvalue weighted by Gasteiger charge is -2.44. The number of ether oxygens (including phenoxy) is 19. The summed E-state index contributed by atoms with van der Waals surface area (Å²) in [6, 6.07) is 18.5. The predicted molar refractivity (Wildman–Crippen MR) is 466 cm³/mol. The zero-order valence-corrected chi connectivity index (χ0v) is 78.7. The van der Waals surface area contributed by atoms with Gasteiger partial charge in [0.05, 0.1) is 33.7 Å². The molecule has 0 radical (unpaired) electrons. The SMILES string of the molecule is COc1ccc(C(OCC(OC(=O)CCC(=O)O)C(=O)N(CCNC(=O)CCCCO[C@@H]2OC(COC(C)=O)[C@H](OC(C)=O)[C@H](OC(C)=O)C2NC(C)=O)CCN(CCNC(=O)CCCCO[C@@H]2OC(COC(C)=O)[C@H](OC(C)=O)[C@H](OC(C)=O)C2NC(C)=O)C(=O)CCCCO[C@@H]2OC(COC(C)=O)[C@H](OC(C)=O)[C@H](OC(C)=O)C2NC(C)=O)(c2ccccc2)c2ccc(OC)cc2)cc1. The number of esters is 10. The molecule has 0 spiro atoms. The number of carboxylic acids is 1. The molecule has 0 aliphatic carbocycles. The van der Waals surface area contributed by atoms with Gasteiger partial charge in [-0.1, -0.05) is 54.6 Å². The van der Waals surface area contributed by atoms with Crippen molar-refractivity contribution in [1.29, 1.82) is 0 Å². The number of carbonyl (C=O) groups is 18. The molecule has 3 aromatic carbocycles. The van der Waals surface area contributed by atoms with Gasteiger partial charge in [0.25, 0.3) is 5.91 Å². The van der Waals surface area contributed by atoms with Gasteiger partial charge >= 0.3 is 65.7 Å². The molecule has 3 aliphatic heterocycles. The van der Waals surface area contributed by atoms with Gasteiger partial charge in [-0.2, -0.15) is 0 Å². The number of rotatable bonds is 55. The Morgan fingerprint density at radius 2 is 0.713 bits per heavy atom. The van der Waals surface area contributed by atoms with E-state index in [0.29, 0.717) is 28.2 Å². The Bertz CT molecular complexity index is 4450. The molecule has 3 aliphatic rings. The highest BCUT2D eigenvalue weighted by Gasteiger charge is 2.55. The Labute approximate surface area is 785 Å². The summed E-state index contributed by atoms with van der Waals surface area (Å²) in [5.41, 5.74) is -0.243. The summed E-state index contributed by atoms with van der Waals surface area (Å²) >= 11 is 0. The van der Waals surface area contributed by atoms with Crippen molar-refractivity contribution in [2.45, 2.75) is 257 Å². The maximum atomic E-state index is 16.0. The van der Waals surface area contributed by atoms with Gasteiger partial charge in [-0.05, 0) is 79.5 Å². The van der Waals surface area contributed by atoms with Crippen molar-refractivity contribution >= 4 is 107 Å². The van der Waals surface area contributed by atoms with Crippen molar-refractivity contribution in [3.63, 3.8) is 0 Å². The molecule has 16 atom stereocenters. The van der Waals surface area contributed by atoms with Crippen LogP contribution in [0.4, 0.5) is 0 Å². The maximum Gasteiger partial charge on any atom is 0.307 e. The Morgan fingerprint density at radius 3 is 1.04 bits per heavy atom. The number of carbonyl (C=O) groups excluding carboxylic acids is 17. The largest absolute Gasteiger partial charge is 0.497 e. The molecule has 3 fully saturated rings. The molecule has 3 heterocycles. The number of aliphatic carboxylic acids is 1. The molecule has 6 rings (SSSR count). The molecular formula is C91H125N7O38. The van der Waals surface area contributed by atoms with E-state index in [2.05, 4.69) is 26.6 Å². The summed E-state index contributed by atoms with van der Waals surface area (Å²) in [5, 5.41) is 23.3. The topological polar surface area (TPSA) is 569 Å². The zero-order valence-electron chi connectivity index (χ0n) is 78.7. The van der Waals surface area contributed by atoms with Crippen LogP contribution in [0.15, 0.2) is 78.9 Å². The molecule has 45 heteroatoms. The normalized spacial score (nSPS) is 21.3. The third-order valence-corrected chi connectivity index (χ3v) is 20.9. The van der Waals surface area contributed by atoms with Gasteiger partial charge in [0.1, 0.15) is 73.4 Å². The van der Waals surface area contributed by atoms with Crippen LogP contribution in [0.2, 0.25) is 0 Å². The molecule has 7 amide bonds. The van der Waals surface area contributed by atoms with E-state index in [-0.39, 0.29) is 104 Å². The molecule has 3 saturated heterocycles. The Hall–Kier alpha value is -12.6. The molecule has 0 aromatic heterocycles. The maximum absolute atomic E-state index is 16.0. The molecular weight excluding hydrogens is 1800 g/mol. The van der Waals surface area contributed by atoms with Crippen molar-refractivity contribution in [2.75, 3.05) is 99.7 Å². The fraction of sp³-hybridized carbons (Fsp3) is 0.604. The third kappa shape index (κ3) is 37.6. The smallest absolute Gasteiger partial charge is 0.307 e. The standard InChI is InChI=1S/C91H125N7O38/c1-52(99)94-78-84(130-61(10)108)81(127-58(7)105)69(48-123-55(4)102)134-88(78)120-45-21-18-26-73(111)92-39-41-97(75(113)28-20-23-47-122-90-80(96-54(3)101)86(132-63(12)110)83(129-60(9)107)71(136-90)50-125-57(6)104)43-44-98(42-40-93-74(112)27-19-22-46-121-89-79(95-53(2)100)85(131-62(11)109)82(128-59(8)106)70(135-89)49-124-56(5)103)87(117)72(133-77(116)38-37-76(114)115)51-126-91(64-24-16-15-17-25-64,65-29-33-67(118-13)34-30-65)66-31-35-68(119-14)36-32-66/h15-17,24-25,29-36,69-72,78-86,88-90H,18-23,26-28,37-51H2,1-14H3,(H,92,111)(H,93,112)(H,94,99)(H,95,100)(H,96,101)(H,114,115)/t69?,70?,71?,72?,78?,79?,80?,81-,82-,83-,84+,85+,86+,88+,89+,90+/m0/s1. The number of methoxy groups -OCH3 is 2. The molecule has 45 nitrogen and oxygen atoms in total. The van der Waals surface area contributed by atoms with Crippen LogP contribution in [-0.2, 0) is 172 Å². The minimum Gasteiger partial charge on any atom is -0.497 e. The van der Waals surface area contributed by atoms with Crippen molar-refractivity contribution < 1.29 is 181 Å². The van der Waals surface area contributed by atoms with E-state index in [0.717, 1.165) is 69.2 Å². The highest BCUT2D eigenvalue weighted by molar-refractivity contribution is 5.86. The fourth-order valence-corrected chi connectivity index (χ4v) is 15.0. The molecule has 0 bridgehead atoms. The lowest BCUT2D eigenvalue weighted by molar-refractivity contribution is -0.277. The van der Waals surface area contributed by atoms with E-state index in [1.807, 2.05) is 0 Å². The van der Waals surface area contributed by atoms with Gasteiger partial charge in [-0.3, -0.25) is 86.3 Å². The van der Waals surface area contributed by atoms with E-state index >= 15 is 9.59 Å². The summed E-state index contributed by atoms with van der Waals surface area (Å²) in [7, 11) is 2.94. The van der Waals surface area contributed by atoms with Crippen LogP contribution in [-0.4, -0.2) is 320 Å². The lowest BCUT2D eigenvalue weighted by atomic mass is 9.80. The number of nitrogens with one attached hydrogen (secondary N) is 5. The van der Waals surface area contributed by atoms with Gasteiger partial charge in [-0.25, -0.2) is 0 Å². The number of unbranched alkanes of at least 4 members (excludes halogenated alkanes) is 3. The van der Waals surface area contributed by atoms with Crippen molar-refractivity contribution in [1.82, 2.24) is 36.4 Å². The Balaban J connectivity index is 1.35. The molecule has 6 N–H and O–H groups in total. The monoisotopic (exact) mass is 1920 g/mol. The van der Waals surface area contributed by atoms with Gasteiger partial charge < -0.3 is 131 Å². The minimum atomic E-state index is -1.96. The van der Waals surface area contributed by atoms with Crippen LogP contribution in [0, 0.1) is 0 Å². The van der Waals surface area contributed by atoms with E-state index in [1.165, 1.54) is 37.9 Å². The average Bonchev–Trinajstić information content (AvgIpc) is 0.744. The van der Waals surface area contributed by atoms with Crippen LogP contribution in [0.1, 0.15) is 170 Å². The second-order valence-electron chi connectivity index (χ2n) is 31.7. The lowest BCUT2D eigenvalue weighted by Crippen LogP contribution is -2.66. The average molecular weight is 1930 g/mol. The Kier molecular flexibility index (Phi) is 47.3. The van der Waals surface area contributed by atoms with E-state index in [4.69, 9.17) is 90.0 Å². The second kappa shape index (κ2) is 57.4. The van der Waals surface area contributed by atoms with E-state index in [9.17, 15) is 81.8 Å². The molecule has 3 aromatic rings. The summed E-state index contributed by atoms with van der Waals surface area (Å²) < 4.78 is 110. The third-order valence-electron chi connectivity index (χ3n) is 20.9. The number of carboxylic acid groups (broad SMARTS) is 1.